The number of carbonyl (C=O) groups excluding carboxylic acids is 1. The van der Waals surface area contributed by atoms with Crippen LogP contribution in [0, 0.1) is 0 Å². The molecule has 0 saturated heterocycles. The van der Waals surface area contributed by atoms with Gasteiger partial charge in [-0.15, -0.1) is 0 Å². The van der Waals surface area contributed by atoms with Gasteiger partial charge in [-0.2, -0.15) is 0 Å². The molecule has 2 aliphatic carbocycles. The number of amides is 1. The highest BCUT2D eigenvalue weighted by Gasteiger charge is 2.44. The van der Waals surface area contributed by atoms with Gasteiger partial charge in [-0.05, 0) is 79.5 Å². The molecule has 198 valence electrons. The van der Waals surface area contributed by atoms with Crippen molar-refractivity contribution in [3.63, 3.8) is 0 Å². The average molecular weight is 519 g/mol. The SMILES string of the molecule is C=Cc1ccc2c(c1)nc(C1(NC(=O)c3ccc4c(C5CCCC5)c(-c5ccoc5)n(C)c4c3)CCC1)n2C. The van der Waals surface area contributed by atoms with Crippen molar-refractivity contribution >= 4 is 33.9 Å². The highest BCUT2D eigenvalue weighted by atomic mass is 16.3. The third kappa shape index (κ3) is 3.68. The van der Waals surface area contributed by atoms with Gasteiger partial charge in [0.1, 0.15) is 5.82 Å². The van der Waals surface area contributed by atoms with Crippen LogP contribution in [-0.2, 0) is 19.6 Å². The van der Waals surface area contributed by atoms with E-state index in [1.54, 1.807) is 6.26 Å². The standard InChI is InChI=1S/C33H34N4O2/c1-4-21-10-13-27-26(18-21)34-32(37(27)3)33(15-7-16-33)35-31(38)23-11-12-25-28(19-23)36(2)30(24-14-17-39-20-24)29(25)22-8-5-6-9-22/h4,10-14,17-20,22H,1,5-9,15-16H2,2-3H3,(H,35,38). The number of aromatic nitrogens is 3. The topological polar surface area (TPSA) is 65.0 Å². The Labute approximate surface area is 228 Å². The molecule has 7 rings (SSSR count). The number of aryl methyl sites for hydroxylation is 2. The second-order valence-electron chi connectivity index (χ2n) is 11.4. The van der Waals surface area contributed by atoms with Crippen molar-refractivity contribution in [3.8, 4) is 11.3 Å². The fourth-order valence-electron chi connectivity index (χ4n) is 6.98. The van der Waals surface area contributed by atoms with Gasteiger partial charge in [0.25, 0.3) is 5.91 Å². The maximum absolute atomic E-state index is 13.8. The van der Waals surface area contributed by atoms with Gasteiger partial charge in [0, 0.05) is 36.1 Å². The van der Waals surface area contributed by atoms with Gasteiger partial charge in [-0.25, -0.2) is 4.98 Å². The Balaban J connectivity index is 1.27. The summed E-state index contributed by atoms with van der Waals surface area (Å²) in [4.78, 5) is 18.8. The summed E-state index contributed by atoms with van der Waals surface area (Å²) >= 11 is 0. The van der Waals surface area contributed by atoms with Crippen LogP contribution in [0.15, 0.2) is 66.0 Å². The Morgan fingerprint density at radius 1 is 1.05 bits per heavy atom. The number of hydrogen-bond acceptors (Lipinski definition) is 3. The first kappa shape index (κ1) is 24.0. The van der Waals surface area contributed by atoms with E-state index in [0.29, 0.717) is 11.5 Å². The number of nitrogens with zero attached hydrogens (tertiary/aromatic N) is 3. The molecule has 39 heavy (non-hydrogen) atoms. The van der Waals surface area contributed by atoms with E-state index in [9.17, 15) is 4.79 Å². The first-order valence-electron chi connectivity index (χ1n) is 14.1. The van der Waals surface area contributed by atoms with Crippen molar-refractivity contribution in [1.29, 1.82) is 0 Å². The van der Waals surface area contributed by atoms with Crippen molar-refractivity contribution in [3.05, 3.63) is 84.1 Å². The second-order valence-corrected chi connectivity index (χ2v) is 11.4. The van der Waals surface area contributed by atoms with Crippen LogP contribution >= 0.6 is 0 Å². The average Bonchev–Trinajstić information content (AvgIpc) is 3.73. The van der Waals surface area contributed by atoms with Crippen LogP contribution in [0.4, 0.5) is 0 Å². The molecule has 2 fully saturated rings. The molecule has 2 aromatic carbocycles. The summed E-state index contributed by atoms with van der Waals surface area (Å²) in [7, 11) is 4.15. The van der Waals surface area contributed by atoms with Crippen LogP contribution in [0.5, 0.6) is 0 Å². The largest absolute Gasteiger partial charge is 0.472 e. The molecule has 6 heteroatoms. The third-order valence-corrected chi connectivity index (χ3v) is 9.19. The van der Waals surface area contributed by atoms with E-state index in [-0.39, 0.29) is 5.91 Å². The normalized spacial score (nSPS) is 17.1. The highest BCUT2D eigenvalue weighted by Crippen LogP contribution is 2.45. The molecule has 0 atom stereocenters. The Morgan fingerprint density at radius 2 is 1.87 bits per heavy atom. The Bertz CT molecular complexity index is 1730. The number of hydrogen-bond donors (Lipinski definition) is 1. The molecule has 1 amide bonds. The smallest absolute Gasteiger partial charge is 0.252 e. The summed E-state index contributed by atoms with van der Waals surface area (Å²) in [5.74, 6) is 1.41. The maximum atomic E-state index is 13.8. The third-order valence-electron chi connectivity index (χ3n) is 9.19. The van der Waals surface area contributed by atoms with Crippen molar-refractivity contribution in [1.82, 2.24) is 19.4 Å². The number of fused-ring (bicyclic) bond motifs is 2. The van der Waals surface area contributed by atoms with Gasteiger partial charge < -0.3 is 18.9 Å². The van der Waals surface area contributed by atoms with Gasteiger partial charge in [0.15, 0.2) is 0 Å². The van der Waals surface area contributed by atoms with Crippen molar-refractivity contribution in [2.75, 3.05) is 0 Å². The molecule has 2 saturated carbocycles. The summed E-state index contributed by atoms with van der Waals surface area (Å²) in [5, 5.41) is 4.65. The molecule has 3 heterocycles. The molecule has 0 bridgehead atoms. The summed E-state index contributed by atoms with van der Waals surface area (Å²) in [6, 6.07) is 14.4. The monoisotopic (exact) mass is 518 g/mol. The molecule has 0 spiro atoms. The fraction of sp³-hybridized carbons (Fsp3) is 0.333. The first-order chi connectivity index (χ1) is 19.0. The van der Waals surface area contributed by atoms with Gasteiger partial charge in [0.2, 0.25) is 0 Å². The minimum absolute atomic E-state index is 0.0519. The minimum Gasteiger partial charge on any atom is -0.472 e. The highest BCUT2D eigenvalue weighted by molar-refractivity contribution is 6.01. The van der Waals surface area contributed by atoms with E-state index in [1.807, 2.05) is 31.5 Å². The number of imidazole rings is 1. The molecule has 0 aliphatic heterocycles. The second kappa shape index (κ2) is 9.01. The van der Waals surface area contributed by atoms with Crippen LogP contribution in [0.3, 0.4) is 0 Å². The zero-order valence-electron chi connectivity index (χ0n) is 22.7. The lowest BCUT2D eigenvalue weighted by atomic mass is 9.75. The van der Waals surface area contributed by atoms with Gasteiger partial charge >= 0.3 is 0 Å². The van der Waals surface area contributed by atoms with E-state index in [0.717, 1.165) is 52.8 Å². The van der Waals surface area contributed by atoms with E-state index in [4.69, 9.17) is 9.40 Å². The molecule has 0 radical (unpaired) electrons. The van der Waals surface area contributed by atoms with E-state index in [1.165, 1.54) is 42.3 Å². The zero-order valence-corrected chi connectivity index (χ0v) is 22.7. The first-order valence-corrected chi connectivity index (χ1v) is 14.1. The summed E-state index contributed by atoms with van der Waals surface area (Å²) in [6.45, 7) is 3.89. The zero-order chi connectivity index (χ0) is 26.7. The molecule has 1 N–H and O–H groups in total. The Hall–Kier alpha value is -4.06. The minimum atomic E-state index is -0.459. The lowest BCUT2D eigenvalue weighted by Gasteiger charge is -2.41. The number of nitrogens with one attached hydrogen (secondary N) is 1. The molecular formula is C33H34N4O2. The predicted molar refractivity (Wildman–Crippen MR) is 156 cm³/mol. The van der Waals surface area contributed by atoms with Crippen LogP contribution in [0.25, 0.3) is 39.3 Å². The summed E-state index contributed by atoms with van der Waals surface area (Å²) < 4.78 is 9.84. The number of benzene rings is 2. The molecular weight excluding hydrogens is 484 g/mol. The number of furan rings is 1. The van der Waals surface area contributed by atoms with E-state index >= 15 is 0 Å². The van der Waals surface area contributed by atoms with Gasteiger partial charge in [-0.1, -0.05) is 37.6 Å². The van der Waals surface area contributed by atoms with Crippen LogP contribution in [0.2, 0.25) is 0 Å². The summed E-state index contributed by atoms with van der Waals surface area (Å²) in [6.07, 6.45) is 13.2. The van der Waals surface area contributed by atoms with E-state index < -0.39 is 5.54 Å². The quantitative estimate of drug-likeness (QED) is 0.254. The van der Waals surface area contributed by atoms with Crippen LogP contribution in [-0.4, -0.2) is 20.0 Å². The summed E-state index contributed by atoms with van der Waals surface area (Å²) in [5.41, 5.74) is 8.04. The lowest BCUT2D eigenvalue weighted by Crippen LogP contribution is -2.52. The maximum Gasteiger partial charge on any atom is 0.252 e. The van der Waals surface area contributed by atoms with Crippen LogP contribution < -0.4 is 5.32 Å². The predicted octanol–water partition coefficient (Wildman–Crippen LogP) is 7.43. The van der Waals surface area contributed by atoms with Crippen molar-refractivity contribution in [2.24, 2.45) is 14.1 Å². The van der Waals surface area contributed by atoms with Crippen molar-refractivity contribution < 1.29 is 9.21 Å². The van der Waals surface area contributed by atoms with E-state index in [2.05, 4.69) is 58.4 Å². The number of carbonyl (C=O) groups is 1. The molecule has 0 unspecified atom stereocenters. The van der Waals surface area contributed by atoms with Crippen molar-refractivity contribution in [2.45, 2.75) is 56.4 Å². The van der Waals surface area contributed by atoms with Crippen LogP contribution in [0.1, 0.15) is 78.2 Å². The molecule has 2 aliphatic rings. The van der Waals surface area contributed by atoms with Gasteiger partial charge in [0.05, 0.1) is 34.8 Å². The molecule has 3 aromatic heterocycles. The van der Waals surface area contributed by atoms with Gasteiger partial charge in [-0.3, -0.25) is 4.79 Å². The number of rotatable bonds is 6. The Kier molecular flexibility index (Phi) is 5.55. The lowest BCUT2D eigenvalue weighted by molar-refractivity contribution is 0.0805. The molecule has 5 aromatic rings. The fourth-order valence-corrected chi connectivity index (χ4v) is 6.98. The molecule has 6 nitrogen and oxygen atoms in total. The Morgan fingerprint density at radius 3 is 2.56 bits per heavy atom.